The van der Waals surface area contributed by atoms with Crippen molar-refractivity contribution in [3.63, 3.8) is 0 Å². The van der Waals surface area contributed by atoms with Gasteiger partial charge in [-0.15, -0.1) is 5.10 Å². The Hall–Kier alpha value is -2.36. The molecule has 0 fully saturated rings. The SMILES string of the molecule is CCCNc1cc([N+](=O)[O-])cc(Sc2n[nH]c(=O)n2C)n1. The highest BCUT2D eigenvalue weighted by Crippen LogP contribution is 2.28. The van der Waals surface area contributed by atoms with E-state index >= 15 is 0 Å². The van der Waals surface area contributed by atoms with Gasteiger partial charge < -0.3 is 5.32 Å². The number of H-pyrrole nitrogens is 1. The van der Waals surface area contributed by atoms with E-state index in [0.29, 0.717) is 22.5 Å². The van der Waals surface area contributed by atoms with Crippen molar-refractivity contribution in [2.24, 2.45) is 7.05 Å². The fraction of sp³-hybridized carbons (Fsp3) is 0.364. The van der Waals surface area contributed by atoms with E-state index in [1.165, 1.54) is 16.7 Å². The number of pyridine rings is 1. The van der Waals surface area contributed by atoms with Gasteiger partial charge in [-0.05, 0) is 18.2 Å². The molecule has 0 aromatic carbocycles. The number of aromatic nitrogens is 4. The number of nitro groups is 1. The first-order chi connectivity index (χ1) is 10.0. The second-order valence-electron chi connectivity index (χ2n) is 4.21. The number of anilines is 1. The molecule has 0 amide bonds. The third-order valence-electron chi connectivity index (χ3n) is 2.59. The first-order valence-electron chi connectivity index (χ1n) is 6.21. The van der Waals surface area contributed by atoms with E-state index in [-0.39, 0.29) is 11.4 Å². The quantitative estimate of drug-likeness (QED) is 0.611. The summed E-state index contributed by atoms with van der Waals surface area (Å²) in [6.07, 6.45) is 0.876. The van der Waals surface area contributed by atoms with E-state index < -0.39 is 4.92 Å². The van der Waals surface area contributed by atoms with Gasteiger partial charge in [0.25, 0.3) is 5.69 Å². The van der Waals surface area contributed by atoms with Crippen molar-refractivity contribution in [1.29, 1.82) is 0 Å². The Balaban J connectivity index is 2.33. The van der Waals surface area contributed by atoms with Crippen LogP contribution in [0, 0.1) is 10.1 Å². The van der Waals surface area contributed by atoms with Gasteiger partial charge in [0, 0.05) is 19.7 Å². The Labute approximate surface area is 123 Å². The van der Waals surface area contributed by atoms with Crippen molar-refractivity contribution in [3.8, 4) is 0 Å². The van der Waals surface area contributed by atoms with Crippen LogP contribution in [0.4, 0.5) is 11.5 Å². The van der Waals surface area contributed by atoms with Gasteiger partial charge in [-0.1, -0.05) is 6.92 Å². The lowest BCUT2D eigenvalue weighted by atomic mass is 10.4. The Kier molecular flexibility index (Phi) is 4.58. The summed E-state index contributed by atoms with van der Waals surface area (Å²) in [5, 5.41) is 20.9. The van der Waals surface area contributed by atoms with Gasteiger partial charge in [-0.25, -0.2) is 14.9 Å². The lowest BCUT2D eigenvalue weighted by Gasteiger charge is -2.06. The van der Waals surface area contributed by atoms with E-state index in [1.807, 2.05) is 6.92 Å². The summed E-state index contributed by atoms with van der Waals surface area (Å²) >= 11 is 1.08. The fourth-order valence-electron chi connectivity index (χ4n) is 1.51. The monoisotopic (exact) mass is 310 g/mol. The molecule has 0 aliphatic carbocycles. The molecule has 0 unspecified atom stereocenters. The van der Waals surface area contributed by atoms with Crippen LogP contribution in [0.5, 0.6) is 0 Å². The van der Waals surface area contributed by atoms with Crippen molar-refractivity contribution in [3.05, 3.63) is 32.7 Å². The molecule has 2 heterocycles. The Bertz CT molecular complexity index is 710. The van der Waals surface area contributed by atoms with Crippen LogP contribution in [0.15, 0.2) is 27.1 Å². The maximum Gasteiger partial charge on any atom is 0.343 e. The standard InChI is InChI=1S/C11H14N6O3S/c1-3-4-12-8-5-7(17(19)20)6-9(13-8)21-11-15-14-10(18)16(11)2/h5-6H,3-4H2,1-2H3,(H,12,13)(H,14,18). The van der Waals surface area contributed by atoms with Crippen LogP contribution in [-0.4, -0.2) is 31.2 Å². The number of hydrogen-bond donors (Lipinski definition) is 2. The smallest absolute Gasteiger partial charge is 0.343 e. The summed E-state index contributed by atoms with van der Waals surface area (Å²) in [6, 6.07) is 2.73. The summed E-state index contributed by atoms with van der Waals surface area (Å²) in [5.41, 5.74) is -0.418. The van der Waals surface area contributed by atoms with E-state index in [0.717, 1.165) is 18.2 Å². The van der Waals surface area contributed by atoms with Crippen LogP contribution in [0.2, 0.25) is 0 Å². The number of nitrogens with zero attached hydrogens (tertiary/aromatic N) is 4. The Morgan fingerprint density at radius 3 is 2.86 bits per heavy atom. The van der Waals surface area contributed by atoms with Gasteiger partial charge in [0.15, 0.2) is 5.16 Å². The molecule has 10 heteroatoms. The summed E-state index contributed by atoms with van der Waals surface area (Å²) < 4.78 is 1.31. The maximum absolute atomic E-state index is 11.3. The normalized spacial score (nSPS) is 10.6. The molecule has 21 heavy (non-hydrogen) atoms. The van der Waals surface area contributed by atoms with Gasteiger partial charge >= 0.3 is 5.69 Å². The lowest BCUT2D eigenvalue weighted by Crippen LogP contribution is -2.12. The average molecular weight is 310 g/mol. The number of rotatable bonds is 6. The van der Waals surface area contributed by atoms with Crippen LogP contribution < -0.4 is 11.0 Å². The average Bonchev–Trinajstić information content (AvgIpc) is 2.77. The van der Waals surface area contributed by atoms with Crippen molar-refractivity contribution in [2.45, 2.75) is 23.5 Å². The molecule has 0 spiro atoms. The highest BCUT2D eigenvalue weighted by atomic mass is 32.2. The zero-order chi connectivity index (χ0) is 15.4. The molecular formula is C11H14N6O3S. The van der Waals surface area contributed by atoms with Crippen molar-refractivity contribution in [2.75, 3.05) is 11.9 Å². The zero-order valence-electron chi connectivity index (χ0n) is 11.5. The van der Waals surface area contributed by atoms with Gasteiger partial charge in [0.05, 0.1) is 11.0 Å². The molecule has 0 saturated heterocycles. The summed E-state index contributed by atoms with van der Waals surface area (Å²) in [7, 11) is 1.56. The minimum atomic E-state index is -0.480. The van der Waals surface area contributed by atoms with Gasteiger partial charge in [0.1, 0.15) is 10.8 Å². The Morgan fingerprint density at radius 1 is 1.52 bits per heavy atom. The molecule has 0 radical (unpaired) electrons. The summed E-state index contributed by atoms with van der Waals surface area (Å²) in [4.78, 5) is 26.1. The second-order valence-corrected chi connectivity index (χ2v) is 5.19. The first-order valence-corrected chi connectivity index (χ1v) is 7.02. The van der Waals surface area contributed by atoms with Crippen LogP contribution in [0.25, 0.3) is 0 Å². The number of aromatic amines is 1. The van der Waals surface area contributed by atoms with Gasteiger partial charge in [-0.2, -0.15) is 0 Å². The van der Waals surface area contributed by atoms with E-state index in [4.69, 9.17) is 0 Å². The highest BCUT2D eigenvalue weighted by Gasteiger charge is 2.14. The number of hydrogen-bond acceptors (Lipinski definition) is 7. The molecule has 2 aromatic rings. The summed E-state index contributed by atoms with van der Waals surface area (Å²) in [6.45, 7) is 2.65. The third-order valence-corrected chi connectivity index (χ3v) is 3.55. The summed E-state index contributed by atoms with van der Waals surface area (Å²) in [5.74, 6) is 0.425. The molecule has 0 saturated carbocycles. The predicted molar refractivity (Wildman–Crippen MR) is 77.6 cm³/mol. The van der Waals surface area contributed by atoms with Crippen molar-refractivity contribution in [1.82, 2.24) is 19.7 Å². The van der Waals surface area contributed by atoms with Crippen molar-refractivity contribution >= 4 is 23.3 Å². The molecule has 2 rings (SSSR count). The topological polar surface area (TPSA) is 119 Å². The van der Waals surface area contributed by atoms with E-state index in [2.05, 4.69) is 20.5 Å². The minimum absolute atomic E-state index is 0.0633. The predicted octanol–water partition coefficient (Wildman–Crippen LogP) is 1.38. The molecule has 112 valence electrons. The zero-order valence-corrected chi connectivity index (χ0v) is 12.3. The van der Waals surface area contributed by atoms with Gasteiger partial charge in [0.2, 0.25) is 0 Å². The molecule has 0 bridgehead atoms. The van der Waals surface area contributed by atoms with Crippen LogP contribution in [0.3, 0.4) is 0 Å². The minimum Gasteiger partial charge on any atom is -0.370 e. The van der Waals surface area contributed by atoms with E-state index in [9.17, 15) is 14.9 Å². The maximum atomic E-state index is 11.3. The third kappa shape index (κ3) is 3.60. The second kappa shape index (κ2) is 6.39. The lowest BCUT2D eigenvalue weighted by molar-refractivity contribution is -0.385. The molecule has 0 atom stereocenters. The number of nitrogens with one attached hydrogen (secondary N) is 2. The largest absolute Gasteiger partial charge is 0.370 e. The molecular weight excluding hydrogens is 296 g/mol. The Morgan fingerprint density at radius 2 is 2.29 bits per heavy atom. The molecule has 0 aliphatic rings. The van der Waals surface area contributed by atoms with Crippen LogP contribution >= 0.6 is 11.8 Å². The first kappa shape index (κ1) is 15.0. The van der Waals surface area contributed by atoms with Crippen LogP contribution in [-0.2, 0) is 7.05 Å². The van der Waals surface area contributed by atoms with Crippen molar-refractivity contribution < 1.29 is 4.92 Å². The highest BCUT2D eigenvalue weighted by molar-refractivity contribution is 7.99. The van der Waals surface area contributed by atoms with Crippen LogP contribution in [0.1, 0.15) is 13.3 Å². The molecule has 0 aliphatic heterocycles. The van der Waals surface area contributed by atoms with Gasteiger partial charge in [-0.3, -0.25) is 14.7 Å². The molecule has 9 nitrogen and oxygen atoms in total. The molecule has 2 aromatic heterocycles. The molecule has 2 N–H and O–H groups in total. The fourth-order valence-corrected chi connectivity index (χ4v) is 2.33. The van der Waals surface area contributed by atoms with E-state index in [1.54, 1.807) is 7.05 Å².